The second-order valence-electron chi connectivity index (χ2n) is 12.3. The summed E-state index contributed by atoms with van der Waals surface area (Å²) in [5.74, 6) is 0.884. The summed E-state index contributed by atoms with van der Waals surface area (Å²) >= 11 is 0. The Morgan fingerprint density at radius 3 is 2.35 bits per heavy atom. The summed E-state index contributed by atoms with van der Waals surface area (Å²) in [6, 6.07) is 21.2. The van der Waals surface area contributed by atoms with Gasteiger partial charge in [0.1, 0.15) is 17.9 Å². The zero-order valence-corrected chi connectivity index (χ0v) is 24.6. The fourth-order valence-corrected chi connectivity index (χ4v) is 7.15. The Bertz CT molecular complexity index is 1730. The summed E-state index contributed by atoms with van der Waals surface area (Å²) in [5, 5.41) is 7.26. The molecule has 3 aromatic carbocycles. The Morgan fingerprint density at radius 1 is 0.884 bits per heavy atom. The molecule has 7 rings (SSSR count). The van der Waals surface area contributed by atoms with Crippen LogP contribution in [0.3, 0.4) is 0 Å². The third-order valence-corrected chi connectivity index (χ3v) is 9.64. The largest absolute Gasteiger partial charge is 0.491 e. The van der Waals surface area contributed by atoms with Crippen LogP contribution in [0.5, 0.6) is 5.75 Å². The van der Waals surface area contributed by atoms with Crippen molar-refractivity contribution in [2.45, 2.75) is 76.3 Å². The predicted octanol–water partition coefficient (Wildman–Crippen LogP) is 7.24. The third-order valence-electron chi connectivity index (χ3n) is 9.64. The van der Waals surface area contributed by atoms with Crippen LogP contribution in [0, 0.1) is 0 Å². The van der Waals surface area contributed by atoms with Crippen LogP contribution in [0.4, 0.5) is 5.69 Å². The number of Topliss-reactive ketones (excluding diaryl/α,β-unsaturated/α-hetero) is 1. The first-order valence-electron chi connectivity index (χ1n) is 15.6. The van der Waals surface area contributed by atoms with Crippen LogP contribution in [-0.4, -0.2) is 34.3 Å². The maximum atomic E-state index is 13.8. The van der Waals surface area contributed by atoms with E-state index in [0.29, 0.717) is 48.7 Å². The average Bonchev–Trinajstić information content (AvgIpc) is 3.20. The van der Waals surface area contributed by atoms with E-state index in [1.807, 2.05) is 24.3 Å². The number of carbonyl (C=O) groups excluding carboxylic acids is 3. The molecule has 0 atom stereocenters. The minimum absolute atomic E-state index is 0.0277. The van der Waals surface area contributed by atoms with Gasteiger partial charge < -0.3 is 19.9 Å². The first kappa shape index (κ1) is 27.4. The van der Waals surface area contributed by atoms with Gasteiger partial charge in [-0.25, -0.2) is 0 Å². The van der Waals surface area contributed by atoms with E-state index in [-0.39, 0.29) is 17.6 Å². The van der Waals surface area contributed by atoms with Crippen molar-refractivity contribution in [2.75, 3.05) is 11.9 Å². The van der Waals surface area contributed by atoms with Crippen LogP contribution >= 0.6 is 0 Å². The Kier molecular flexibility index (Phi) is 7.04. The fourth-order valence-electron chi connectivity index (χ4n) is 7.15. The predicted molar refractivity (Wildman–Crippen MR) is 168 cm³/mol. The van der Waals surface area contributed by atoms with Crippen LogP contribution in [0.15, 0.2) is 66.7 Å². The van der Waals surface area contributed by atoms with Crippen LogP contribution in [0.25, 0.3) is 22.2 Å². The van der Waals surface area contributed by atoms with Crippen molar-refractivity contribution < 1.29 is 19.1 Å². The normalized spacial score (nSPS) is 17.5. The van der Waals surface area contributed by atoms with Gasteiger partial charge in [0.05, 0.1) is 12.2 Å². The highest BCUT2D eigenvalue weighted by atomic mass is 16.5. The molecule has 0 bridgehead atoms. The Morgan fingerprint density at radius 2 is 1.63 bits per heavy atom. The smallest absolute Gasteiger partial charge is 0.252 e. The average molecular weight is 576 g/mol. The minimum atomic E-state index is -0.957. The van der Waals surface area contributed by atoms with Crippen molar-refractivity contribution >= 4 is 34.2 Å². The molecule has 3 aliphatic rings. The lowest BCUT2D eigenvalue weighted by Gasteiger charge is -2.40. The molecular formula is C36H37N3O4. The summed E-state index contributed by atoms with van der Waals surface area (Å²) in [7, 11) is 0. The second-order valence-corrected chi connectivity index (χ2v) is 12.3. The summed E-state index contributed by atoms with van der Waals surface area (Å²) in [6.07, 6.45) is 8.14. The number of ether oxygens (including phenoxy) is 1. The van der Waals surface area contributed by atoms with Crippen molar-refractivity contribution in [3.63, 3.8) is 0 Å². The second kappa shape index (κ2) is 11.0. The number of para-hydroxylation sites is 1. The van der Waals surface area contributed by atoms with E-state index in [4.69, 9.17) is 4.74 Å². The summed E-state index contributed by atoms with van der Waals surface area (Å²) in [4.78, 5) is 38.8. The molecule has 2 saturated carbocycles. The number of carbonyl (C=O) groups is 3. The van der Waals surface area contributed by atoms with Gasteiger partial charge in [0.25, 0.3) is 5.91 Å². The zero-order valence-electron chi connectivity index (χ0n) is 24.6. The van der Waals surface area contributed by atoms with Crippen molar-refractivity contribution in [3.05, 3.63) is 83.4 Å². The number of anilines is 1. The molecule has 7 heteroatoms. The molecule has 7 nitrogen and oxygen atoms in total. The Labute approximate surface area is 251 Å². The molecule has 2 fully saturated rings. The maximum absolute atomic E-state index is 13.8. The number of rotatable bonds is 6. The number of fused-ring (bicyclic) bond motifs is 5. The van der Waals surface area contributed by atoms with E-state index < -0.39 is 5.54 Å². The van der Waals surface area contributed by atoms with E-state index >= 15 is 0 Å². The Balaban J connectivity index is 1.21. The molecule has 2 aliphatic carbocycles. The highest BCUT2D eigenvalue weighted by molar-refractivity contribution is 6.06. The SMILES string of the molecule is CC(=O)c1ccc(NC(=O)C2(NC(=O)c3ccc4c(C5CCCCC5)c5n(c4c3)CCOc3ccccc3-5)CCC2)cc1. The summed E-state index contributed by atoms with van der Waals surface area (Å²) in [6.45, 7) is 2.77. The maximum Gasteiger partial charge on any atom is 0.252 e. The van der Waals surface area contributed by atoms with Gasteiger partial charge in [-0.15, -0.1) is 0 Å². The van der Waals surface area contributed by atoms with Crippen molar-refractivity contribution in [3.8, 4) is 17.0 Å². The van der Waals surface area contributed by atoms with E-state index in [1.54, 1.807) is 24.3 Å². The number of benzene rings is 3. The van der Waals surface area contributed by atoms with Gasteiger partial charge in [-0.1, -0.05) is 37.5 Å². The quantitative estimate of drug-likeness (QED) is 0.237. The standard InChI is InChI=1S/C36H37N3O4/c1-23(40)24-12-15-27(16-13-24)37-35(42)36(18-7-19-36)38-34(41)26-14-17-28-30(22-26)39-20-21-43-31-11-6-5-10-29(31)33(39)32(28)25-8-3-2-4-9-25/h5-6,10-17,22,25H,2-4,7-9,18-21H2,1H3,(H,37,42)(H,38,41). The lowest BCUT2D eigenvalue weighted by atomic mass is 9.75. The van der Waals surface area contributed by atoms with Crippen molar-refractivity contribution in [1.29, 1.82) is 0 Å². The molecule has 0 unspecified atom stereocenters. The number of nitrogens with zero attached hydrogens (tertiary/aromatic N) is 1. The molecule has 0 saturated heterocycles. The zero-order chi connectivity index (χ0) is 29.6. The molecule has 220 valence electrons. The van der Waals surface area contributed by atoms with Gasteiger partial charge >= 0.3 is 0 Å². The number of hydrogen-bond donors (Lipinski definition) is 2. The summed E-state index contributed by atoms with van der Waals surface area (Å²) in [5.41, 5.74) is 5.54. The molecular weight excluding hydrogens is 538 g/mol. The highest BCUT2D eigenvalue weighted by Crippen LogP contribution is 2.47. The lowest BCUT2D eigenvalue weighted by Crippen LogP contribution is -2.61. The van der Waals surface area contributed by atoms with Gasteiger partial charge in [0, 0.05) is 33.3 Å². The molecule has 0 spiro atoms. The monoisotopic (exact) mass is 575 g/mol. The van der Waals surface area contributed by atoms with Gasteiger partial charge in [-0.2, -0.15) is 0 Å². The third kappa shape index (κ3) is 4.90. The molecule has 2 heterocycles. The molecule has 2 N–H and O–H groups in total. The minimum Gasteiger partial charge on any atom is -0.491 e. The Hall–Kier alpha value is -4.39. The van der Waals surface area contributed by atoms with Gasteiger partial charge in [0.15, 0.2) is 5.78 Å². The molecule has 1 aliphatic heterocycles. The topological polar surface area (TPSA) is 89.4 Å². The van der Waals surface area contributed by atoms with Crippen LogP contribution in [0.1, 0.15) is 90.5 Å². The number of hydrogen-bond acceptors (Lipinski definition) is 4. The lowest BCUT2D eigenvalue weighted by molar-refractivity contribution is -0.125. The highest BCUT2D eigenvalue weighted by Gasteiger charge is 2.45. The van der Waals surface area contributed by atoms with Crippen LogP contribution < -0.4 is 15.4 Å². The van der Waals surface area contributed by atoms with E-state index in [1.165, 1.54) is 55.7 Å². The van der Waals surface area contributed by atoms with Crippen molar-refractivity contribution in [1.82, 2.24) is 9.88 Å². The molecule has 4 aromatic rings. The first-order chi connectivity index (χ1) is 20.9. The van der Waals surface area contributed by atoms with Crippen LogP contribution in [-0.2, 0) is 11.3 Å². The molecule has 1 aromatic heterocycles. The van der Waals surface area contributed by atoms with Crippen LogP contribution in [0.2, 0.25) is 0 Å². The van der Waals surface area contributed by atoms with Gasteiger partial charge in [-0.3, -0.25) is 14.4 Å². The number of amides is 2. The van der Waals surface area contributed by atoms with E-state index in [2.05, 4.69) is 33.4 Å². The molecule has 2 amide bonds. The van der Waals surface area contributed by atoms with Gasteiger partial charge in [0.2, 0.25) is 5.91 Å². The molecule has 43 heavy (non-hydrogen) atoms. The number of nitrogens with one attached hydrogen (secondary N) is 2. The molecule has 0 radical (unpaired) electrons. The number of aromatic nitrogens is 1. The first-order valence-corrected chi connectivity index (χ1v) is 15.6. The number of ketones is 1. The van der Waals surface area contributed by atoms with E-state index in [0.717, 1.165) is 23.3 Å². The van der Waals surface area contributed by atoms with E-state index in [9.17, 15) is 14.4 Å². The van der Waals surface area contributed by atoms with Crippen molar-refractivity contribution in [2.24, 2.45) is 0 Å². The summed E-state index contributed by atoms with van der Waals surface area (Å²) < 4.78 is 8.52. The fraction of sp³-hybridized carbons (Fsp3) is 0.361. The van der Waals surface area contributed by atoms with Gasteiger partial charge in [-0.05, 0) is 99.0 Å².